The molecule has 1 amide bonds. The van der Waals surface area contributed by atoms with Gasteiger partial charge in [0.05, 0.1) is 5.56 Å². The minimum absolute atomic E-state index is 0.227. The third-order valence-electron chi connectivity index (χ3n) is 2.69. The molecule has 0 radical (unpaired) electrons. The van der Waals surface area contributed by atoms with Crippen molar-refractivity contribution in [3.05, 3.63) is 56.5 Å². The number of rotatable bonds is 2. The van der Waals surface area contributed by atoms with Gasteiger partial charge in [0.25, 0.3) is 5.91 Å². The maximum Gasteiger partial charge on any atom is 0.257 e. The van der Waals surface area contributed by atoms with Gasteiger partial charge in [-0.05, 0) is 42.8 Å². The van der Waals surface area contributed by atoms with Crippen LogP contribution in [0, 0.1) is 6.92 Å². The minimum Gasteiger partial charge on any atom is -0.398 e. The van der Waals surface area contributed by atoms with Gasteiger partial charge in [0.2, 0.25) is 0 Å². The Labute approximate surface area is 128 Å². The van der Waals surface area contributed by atoms with Crippen molar-refractivity contribution in [3.8, 4) is 0 Å². The van der Waals surface area contributed by atoms with Gasteiger partial charge in [0.15, 0.2) is 0 Å². The van der Waals surface area contributed by atoms with Gasteiger partial charge >= 0.3 is 0 Å². The molecule has 0 atom stereocenters. The van der Waals surface area contributed by atoms with Crippen LogP contribution in [-0.2, 0) is 0 Å². The van der Waals surface area contributed by atoms with Crippen LogP contribution in [0.5, 0.6) is 0 Å². The normalized spacial score (nSPS) is 10.3. The topological polar surface area (TPSA) is 55.1 Å². The zero-order valence-electron chi connectivity index (χ0n) is 10.2. The van der Waals surface area contributed by atoms with E-state index in [0.29, 0.717) is 11.3 Å². The average molecular weight is 384 g/mol. The lowest BCUT2D eigenvalue weighted by Gasteiger charge is -2.09. The maximum absolute atomic E-state index is 12.2. The molecule has 2 aromatic rings. The Kier molecular flexibility index (Phi) is 4.27. The van der Waals surface area contributed by atoms with Crippen LogP contribution in [0.1, 0.15) is 15.9 Å². The second-order valence-corrected chi connectivity index (χ2v) is 5.92. The Morgan fingerprint density at radius 2 is 1.89 bits per heavy atom. The predicted molar refractivity (Wildman–Crippen MR) is 85.4 cm³/mol. The van der Waals surface area contributed by atoms with Crippen LogP contribution in [0.15, 0.2) is 45.3 Å². The minimum atomic E-state index is -0.227. The first-order valence-electron chi connectivity index (χ1n) is 5.60. The number of aryl methyl sites for hydroxylation is 1. The molecule has 3 N–H and O–H groups in total. The summed E-state index contributed by atoms with van der Waals surface area (Å²) in [6.45, 7) is 1.99. The third-order valence-corrected chi connectivity index (χ3v) is 4.04. The fourth-order valence-electron chi connectivity index (χ4n) is 1.59. The smallest absolute Gasteiger partial charge is 0.257 e. The molecule has 0 unspecified atom stereocenters. The van der Waals surface area contributed by atoms with E-state index in [4.69, 9.17) is 5.73 Å². The van der Waals surface area contributed by atoms with Crippen LogP contribution in [0.4, 0.5) is 11.4 Å². The summed E-state index contributed by atoms with van der Waals surface area (Å²) >= 11 is 6.76. The summed E-state index contributed by atoms with van der Waals surface area (Å²) < 4.78 is 1.77. The van der Waals surface area contributed by atoms with Gasteiger partial charge in [-0.3, -0.25) is 4.79 Å². The Morgan fingerprint density at radius 3 is 2.58 bits per heavy atom. The lowest BCUT2D eigenvalue weighted by atomic mass is 10.1. The molecule has 2 rings (SSSR count). The Hall–Kier alpha value is -1.33. The van der Waals surface area contributed by atoms with Gasteiger partial charge in [-0.25, -0.2) is 0 Å². The van der Waals surface area contributed by atoms with E-state index in [9.17, 15) is 4.79 Å². The molecule has 19 heavy (non-hydrogen) atoms. The number of hydrogen-bond acceptors (Lipinski definition) is 2. The highest BCUT2D eigenvalue weighted by molar-refractivity contribution is 9.10. The first-order valence-corrected chi connectivity index (χ1v) is 7.18. The van der Waals surface area contributed by atoms with E-state index < -0.39 is 0 Å². The summed E-state index contributed by atoms with van der Waals surface area (Å²) in [5.74, 6) is -0.227. The van der Waals surface area contributed by atoms with Gasteiger partial charge in [0, 0.05) is 20.3 Å². The van der Waals surface area contributed by atoms with Crippen molar-refractivity contribution in [2.75, 3.05) is 11.1 Å². The van der Waals surface area contributed by atoms with Gasteiger partial charge in [-0.15, -0.1) is 0 Å². The molecule has 0 spiro atoms. The van der Waals surface area contributed by atoms with Crippen LogP contribution in [0.25, 0.3) is 0 Å². The van der Waals surface area contributed by atoms with E-state index in [-0.39, 0.29) is 5.91 Å². The Bertz CT molecular complexity index is 641. The molecule has 0 saturated carbocycles. The van der Waals surface area contributed by atoms with E-state index >= 15 is 0 Å². The van der Waals surface area contributed by atoms with Gasteiger partial charge in [-0.1, -0.05) is 37.9 Å². The van der Waals surface area contributed by atoms with E-state index in [0.717, 1.165) is 20.2 Å². The number of hydrogen-bond donors (Lipinski definition) is 2. The second kappa shape index (κ2) is 5.75. The molecule has 0 aliphatic heterocycles. The molecule has 0 heterocycles. The number of carbonyl (C=O) groups excluding carboxylic acids is 1. The molecule has 98 valence electrons. The standard InChI is InChI=1S/C14H12Br2N2O/c1-8-2-4-10(7-12(8)16)18-14(19)11-6-9(15)3-5-13(11)17/h2-7H,17H2,1H3,(H,18,19). The summed E-state index contributed by atoms with van der Waals surface area (Å²) in [6, 6.07) is 10.9. The highest BCUT2D eigenvalue weighted by atomic mass is 79.9. The monoisotopic (exact) mass is 382 g/mol. The first kappa shape index (κ1) is 14.1. The van der Waals surface area contributed by atoms with E-state index in [1.165, 1.54) is 0 Å². The van der Waals surface area contributed by atoms with Gasteiger partial charge < -0.3 is 11.1 Å². The molecule has 0 aromatic heterocycles. The number of nitrogens with one attached hydrogen (secondary N) is 1. The zero-order valence-corrected chi connectivity index (χ0v) is 13.4. The number of nitrogen functional groups attached to an aromatic ring is 1. The average Bonchev–Trinajstić information content (AvgIpc) is 2.36. The SMILES string of the molecule is Cc1ccc(NC(=O)c2cc(Br)ccc2N)cc1Br. The van der Waals surface area contributed by atoms with Crippen LogP contribution in [-0.4, -0.2) is 5.91 Å². The van der Waals surface area contributed by atoms with Crippen molar-refractivity contribution in [2.45, 2.75) is 6.92 Å². The van der Waals surface area contributed by atoms with Crippen molar-refractivity contribution < 1.29 is 4.79 Å². The first-order chi connectivity index (χ1) is 8.97. The molecule has 0 aliphatic carbocycles. The summed E-state index contributed by atoms with van der Waals surface area (Å²) in [7, 11) is 0. The number of halogens is 2. The Balaban J connectivity index is 2.25. The van der Waals surface area contributed by atoms with Crippen LogP contribution in [0.3, 0.4) is 0 Å². The molecule has 0 saturated heterocycles. The van der Waals surface area contributed by atoms with Crippen molar-refractivity contribution >= 4 is 49.1 Å². The molecule has 5 heteroatoms. The number of amides is 1. The summed E-state index contributed by atoms with van der Waals surface area (Å²) in [6.07, 6.45) is 0. The van der Waals surface area contributed by atoms with Crippen LogP contribution < -0.4 is 11.1 Å². The van der Waals surface area contributed by atoms with E-state index in [2.05, 4.69) is 37.2 Å². The van der Waals surface area contributed by atoms with Gasteiger partial charge in [-0.2, -0.15) is 0 Å². The number of benzene rings is 2. The Morgan fingerprint density at radius 1 is 1.16 bits per heavy atom. The predicted octanol–water partition coefficient (Wildman–Crippen LogP) is 4.35. The molecule has 0 bridgehead atoms. The fraction of sp³-hybridized carbons (Fsp3) is 0.0714. The summed E-state index contributed by atoms with van der Waals surface area (Å²) in [5.41, 5.74) is 8.54. The molecule has 0 aliphatic rings. The quantitative estimate of drug-likeness (QED) is 0.757. The van der Waals surface area contributed by atoms with Crippen LogP contribution >= 0.6 is 31.9 Å². The van der Waals surface area contributed by atoms with E-state index in [1.54, 1.807) is 18.2 Å². The molecular formula is C14H12Br2N2O. The van der Waals surface area contributed by atoms with Crippen molar-refractivity contribution in [1.82, 2.24) is 0 Å². The lowest BCUT2D eigenvalue weighted by molar-refractivity contribution is 0.102. The van der Waals surface area contributed by atoms with Crippen molar-refractivity contribution in [1.29, 1.82) is 0 Å². The van der Waals surface area contributed by atoms with Gasteiger partial charge in [0.1, 0.15) is 0 Å². The molecular weight excluding hydrogens is 372 g/mol. The summed E-state index contributed by atoms with van der Waals surface area (Å²) in [4.78, 5) is 12.2. The largest absolute Gasteiger partial charge is 0.398 e. The fourth-order valence-corrected chi connectivity index (χ4v) is 2.33. The summed E-state index contributed by atoms with van der Waals surface area (Å²) in [5, 5.41) is 2.82. The lowest BCUT2D eigenvalue weighted by Crippen LogP contribution is -2.14. The molecule has 2 aromatic carbocycles. The number of anilines is 2. The molecule has 0 fully saturated rings. The van der Waals surface area contributed by atoms with E-state index in [1.807, 2.05) is 25.1 Å². The molecule has 3 nitrogen and oxygen atoms in total. The van der Waals surface area contributed by atoms with Crippen molar-refractivity contribution in [3.63, 3.8) is 0 Å². The zero-order chi connectivity index (χ0) is 14.0. The second-order valence-electron chi connectivity index (χ2n) is 4.15. The number of carbonyl (C=O) groups is 1. The maximum atomic E-state index is 12.2. The van der Waals surface area contributed by atoms with Crippen LogP contribution in [0.2, 0.25) is 0 Å². The third kappa shape index (κ3) is 3.36. The highest BCUT2D eigenvalue weighted by Gasteiger charge is 2.11. The number of nitrogens with two attached hydrogens (primary N) is 1. The van der Waals surface area contributed by atoms with Crippen molar-refractivity contribution in [2.24, 2.45) is 0 Å². The highest BCUT2D eigenvalue weighted by Crippen LogP contribution is 2.23.